The average Bonchev–Trinajstić information content (AvgIpc) is 3.39. The van der Waals surface area contributed by atoms with Crippen LogP contribution in [0.4, 0.5) is 10.3 Å². The Bertz CT molecular complexity index is 870. The second kappa shape index (κ2) is 12.8. The lowest BCUT2D eigenvalue weighted by atomic mass is 9.89. The monoisotopic (exact) mass is 459 g/mol. The number of nitrogens with zero attached hydrogens (tertiary/aromatic N) is 3. The highest BCUT2D eigenvalue weighted by Crippen LogP contribution is 2.30. The van der Waals surface area contributed by atoms with Gasteiger partial charge in [-0.1, -0.05) is 26.2 Å². The number of ether oxygens (including phenoxy) is 1. The SMILES string of the molecule is CC[C@@H](c1nc(NCC2CCCCC2)nc(-c2ccc(OC)c(F)c2)n1)C1CCCN1.NN. The zero-order chi connectivity index (χ0) is 23.6. The van der Waals surface area contributed by atoms with Crippen molar-refractivity contribution < 1.29 is 9.13 Å². The fourth-order valence-corrected chi connectivity index (χ4v) is 4.90. The summed E-state index contributed by atoms with van der Waals surface area (Å²) >= 11 is 0. The van der Waals surface area contributed by atoms with Crippen molar-refractivity contribution in [3.8, 4) is 17.1 Å². The van der Waals surface area contributed by atoms with Gasteiger partial charge in [-0.05, 0) is 62.8 Å². The molecule has 2 aromatic rings. The van der Waals surface area contributed by atoms with Gasteiger partial charge in [-0.3, -0.25) is 11.7 Å². The van der Waals surface area contributed by atoms with Gasteiger partial charge in [-0.2, -0.15) is 9.97 Å². The Hall–Kier alpha value is -2.36. The normalized spacial score (nSPS) is 19.5. The minimum absolute atomic E-state index is 0.211. The maximum absolute atomic E-state index is 14.4. The molecule has 0 bridgehead atoms. The molecule has 33 heavy (non-hydrogen) atoms. The summed E-state index contributed by atoms with van der Waals surface area (Å²) in [5.41, 5.74) is 0.636. The fourth-order valence-electron chi connectivity index (χ4n) is 4.90. The molecule has 1 aromatic heterocycles. The summed E-state index contributed by atoms with van der Waals surface area (Å²) in [6.07, 6.45) is 9.70. The molecule has 2 heterocycles. The van der Waals surface area contributed by atoms with E-state index in [2.05, 4.69) is 34.2 Å². The van der Waals surface area contributed by atoms with Crippen LogP contribution in [0.1, 0.15) is 70.0 Å². The summed E-state index contributed by atoms with van der Waals surface area (Å²) in [4.78, 5) is 14.3. The molecule has 1 saturated heterocycles. The molecule has 2 aliphatic rings. The maximum Gasteiger partial charge on any atom is 0.226 e. The zero-order valence-electron chi connectivity index (χ0n) is 19.8. The Morgan fingerprint density at radius 2 is 1.91 bits per heavy atom. The topological polar surface area (TPSA) is 124 Å². The van der Waals surface area contributed by atoms with Crippen molar-refractivity contribution in [2.24, 2.45) is 17.6 Å². The fraction of sp³-hybridized carbons (Fsp3) is 0.625. The molecule has 0 radical (unpaired) electrons. The molecule has 1 aliphatic carbocycles. The van der Waals surface area contributed by atoms with E-state index in [1.54, 1.807) is 12.1 Å². The van der Waals surface area contributed by atoms with Crippen LogP contribution < -0.4 is 27.1 Å². The summed E-state index contributed by atoms with van der Waals surface area (Å²) in [6.45, 7) is 4.09. The van der Waals surface area contributed by atoms with Crippen molar-refractivity contribution >= 4 is 5.95 Å². The molecule has 1 unspecified atom stereocenters. The number of halogens is 1. The van der Waals surface area contributed by atoms with Gasteiger partial charge in [0, 0.05) is 24.1 Å². The Morgan fingerprint density at radius 3 is 2.55 bits per heavy atom. The standard InChI is InChI=1S/C24H34FN5O.H4N2/c1-3-18(20-10-7-13-26-20)23-28-22(17-11-12-21(31-2)19(25)14-17)29-24(30-23)27-15-16-8-5-4-6-9-16;1-2/h11-12,14,16,18,20,26H,3-10,13,15H2,1-2H3,(H,27,28,29,30);1-2H2/t18-,20?;/m1./s1. The van der Waals surface area contributed by atoms with E-state index in [9.17, 15) is 4.39 Å². The number of rotatable bonds is 8. The highest BCUT2D eigenvalue weighted by molar-refractivity contribution is 5.58. The largest absolute Gasteiger partial charge is 0.494 e. The molecule has 9 heteroatoms. The Morgan fingerprint density at radius 1 is 1.12 bits per heavy atom. The van der Waals surface area contributed by atoms with Crippen LogP contribution in [0, 0.1) is 11.7 Å². The van der Waals surface area contributed by atoms with E-state index in [-0.39, 0.29) is 11.7 Å². The molecule has 2 atom stereocenters. The molecule has 8 nitrogen and oxygen atoms in total. The first-order valence-electron chi connectivity index (χ1n) is 12.1. The quantitative estimate of drug-likeness (QED) is 0.348. The lowest BCUT2D eigenvalue weighted by Gasteiger charge is -2.23. The number of benzene rings is 1. The van der Waals surface area contributed by atoms with Crippen LogP contribution in [0.25, 0.3) is 11.4 Å². The summed E-state index contributed by atoms with van der Waals surface area (Å²) in [5, 5.41) is 7.07. The Labute approximate surface area is 196 Å². The predicted octanol–water partition coefficient (Wildman–Crippen LogP) is 3.74. The van der Waals surface area contributed by atoms with Crippen LogP contribution in [-0.4, -0.2) is 41.2 Å². The maximum atomic E-state index is 14.4. The van der Waals surface area contributed by atoms with E-state index in [4.69, 9.17) is 14.7 Å². The van der Waals surface area contributed by atoms with Crippen molar-refractivity contribution in [1.82, 2.24) is 20.3 Å². The number of hydrogen-bond acceptors (Lipinski definition) is 8. The Kier molecular flexibility index (Phi) is 9.77. The first kappa shape index (κ1) is 25.3. The number of hydrogen-bond donors (Lipinski definition) is 4. The third kappa shape index (κ3) is 6.59. The van der Waals surface area contributed by atoms with Gasteiger partial charge in [0.05, 0.1) is 7.11 Å². The van der Waals surface area contributed by atoms with E-state index in [0.717, 1.165) is 31.8 Å². The van der Waals surface area contributed by atoms with Gasteiger partial charge in [-0.25, -0.2) is 9.37 Å². The lowest BCUT2D eigenvalue weighted by Crippen LogP contribution is -2.30. The van der Waals surface area contributed by atoms with E-state index in [1.165, 1.54) is 51.7 Å². The van der Waals surface area contributed by atoms with Crippen molar-refractivity contribution in [2.45, 2.75) is 70.3 Å². The molecule has 4 rings (SSSR count). The third-order valence-corrected chi connectivity index (χ3v) is 6.69. The van der Waals surface area contributed by atoms with Crippen LogP contribution >= 0.6 is 0 Å². The predicted molar refractivity (Wildman–Crippen MR) is 129 cm³/mol. The van der Waals surface area contributed by atoms with Crippen LogP contribution in [0.3, 0.4) is 0 Å². The minimum Gasteiger partial charge on any atom is -0.494 e. The Balaban J connectivity index is 0.00000149. The number of hydrazine groups is 1. The van der Waals surface area contributed by atoms with Crippen LogP contribution in [0.2, 0.25) is 0 Å². The second-order valence-corrected chi connectivity index (χ2v) is 8.79. The third-order valence-electron chi connectivity index (χ3n) is 6.69. The summed E-state index contributed by atoms with van der Waals surface area (Å²) in [6, 6.07) is 5.25. The van der Waals surface area contributed by atoms with Gasteiger partial charge in [-0.15, -0.1) is 0 Å². The molecule has 1 saturated carbocycles. The second-order valence-electron chi connectivity index (χ2n) is 8.79. The van der Waals surface area contributed by atoms with Gasteiger partial charge in [0.25, 0.3) is 0 Å². The van der Waals surface area contributed by atoms with E-state index < -0.39 is 5.82 Å². The van der Waals surface area contributed by atoms with Crippen LogP contribution in [0.15, 0.2) is 18.2 Å². The van der Waals surface area contributed by atoms with Crippen molar-refractivity contribution in [3.63, 3.8) is 0 Å². The number of nitrogens with two attached hydrogens (primary N) is 2. The smallest absolute Gasteiger partial charge is 0.226 e. The van der Waals surface area contributed by atoms with E-state index in [1.807, 2.05) is 0 Å². The number of aromatic nitrogens is 3. The van der Waals surface area contributed by atoms with Gasteiger partial charge < -0.3 is 15.4 Å². The highest BCUT2D eigenvalue weighted by atomic mass is 19.1. The van der Waals surface area contributed by atoms with Gasteiger partial charge in [0.1, 0.15) is 5.82 Å². The molecule has 0 spiro atoms. The lowest BCUT2D eigenvalue weighted by molar-refractivity contribution is 0.373. The molecule has 182 valence electrons. The summed E-state index contributed by atoms with van der Waals surface area (Å²) < 4.78 is 19.4. The van der Waals surface area contributed by atoms with Gasteiger partial charge in [0.2, 0.25) is 5.95 Å². The molecular weight excluding hydrogens is 421 g/mol. The molecule has 2 fully saturated rings. The number of nitrogens with one attached hydrogen (secondary N) is 2. The average molecular weight is 460 g/mol. The van der Waals surface area contributed by atoms with E-state index in [0.29, 0.717) is 29.3 Å². The van der Waals surface area contributed by atoms with Gasteiger partial charge in [0.15, 0.2) is 17.4 Å². The van der Waals surface area contributed by atoms with Crippen LogP contribution in [-0.2, 0) is 0 Å². The number of methoxy groups -OCH3 is 1. The summed E-state index contributed by atoms with van der Waals surface area (Å²) in [7, 11) is 1.47. The molecule has 0 amide bonds. The highest BCUT2D eigenvalue weighted by Gasteiger charge is 2.28. The first-order valence-corrected chi connectivity index (χ1v) is 12.1. The zero-order valence-corrected chi connectivity index (χ0v) is 19.8. The molecule has 1 aromatic carbocycles. The van der Waals surface area contributed by atoms with Crippen LogP contribution in [0.5, 0.6) is 5.75 Å². The molecule has 6 N–H and O–H groups in total. The summed E-state index contributed by atoms with van der Waals surface area (Å²) in [5.74, 6) is 10.6. The number of anilines is 1. The molecular formula is C24H38FN7O. The molecule has 1 aliphatic heterocycles. The van der Waals surface area contributed by atoms with Crippen molar-refractivity contribution in [1.29, 1.82) is 0 Å². The first-order chi connectivity index (χ1) is 16.2. The van der Waals surface area contributed by atoms with Crippen molar-refractivity contribution in [3.05, 3.63) is 29.8 Å². The van der Waals surface area contributed by atoms with Crippen molar-refractivity contribution in [2.75, 3.05) is 25.5 Å². The minimum atomic E-state index is -0.414. The van der Waals surface area contributed by atoms with Gasteiger partial charge >= 0.3 is 0 Å². The van der Waals surface area contributed by atoms with E-state index >= 15 is 0 Å².